The Labute approximate surface area is 151 Å². The molecule has 26 heavy (non-hydrogen) atoms. The molecule has 0 spiro atoms. The molecule has 3 aromatic rings. The maximum Gasteiger partial charge on any atom is 0.318 e. The van der Waals surface area contributed by atoms with Gasteiger partial charge in [-0.2, -0.15) is 5.10 Å². The van der Waals surface area contributed by atoms with Gasteiger partial charge < -0.3 is 10.2 Å². The third kappa shape index (κ3) is 2.91. The maximum absolute atomic E-state index is 12.6. The Bertz CT molecular complexity index is 905. The van der Waals surface area contributed by atoms with E-state index < -0.39 is 0 Å². The number of carbonyl (C=O) groups excluding carboxylic acids is 1. The number of hydrogen-bond donors (Lipinski definition) is 1. The monoisotopic (exact) mass is 353 g/mol. The lowest BCUT2D eigenvalue weighted by molar-refractivity contribution is 0.114. The van der Waals surface area contributed by atoms with Crippen LogP contribution in [0, 0.1) is 13.8 Å². The average molecular weight is 353 g/mol. The first-order valence-corrected chi connectivity index (χ1v) is 8.93. The number of fused-ring (bicyclic) bond motifs is 1. The summed E-state index contributed by atoms with van der Waals surface area (Å²) in [7, 11) is 0. The molecule has 0 unspecified atom stereocenters. The standard InChI is InChI=1S/C18H23N7O/c1-4-15(16-11-23-7-5-6-19-17(23)20-16)21-18(26)24-9-14(10-24)25-13(3)8-12(2)22-25/h5-8,11,14-15H,4,9-10H2,1-3H3,(H,21,26)/t15-/m0/s1. The zero-order valence-corrected chi connectivity index (χ0v) is 15.3. The molecule has 0 radical (unpaired) electrons. The van der Waals surface area contributed by atoms with Crippen molar-refractivity contribution in [3.63, 3.8) is 0 Å². The van der Waals surface area contributed by atoms with E-state index in [0.717, 1.165) is 23.5 Å². The largest absolute Gasteiger partial charge is 0.330 e. The second kappa shape index (κ2) is 6.44. The normalized spacial score (nSPS) is 15.9. The molecule has 8 nitrogen and oxygen atoms in total. The van der Waals surface area contributed by atoms with Gasteiger partial charge in [-0.15, -0.1) is 0 Å². The highest BCUT2D eigenvalue weighted by atomic mass is 16.2. The fourth-order valence-corrected chi connectivity index (χ4v) is 3.43. The summed E-state index contributed by atoms with van der Waals surface area (Å²) in [5.41, 5.74) is 2.98. The number of nitrogens with one attached hydrogen (secondary N) is 1. The van der Waals surface area contributed by atoms with Crippen molar-refractivity contribution >= 4 is 11.8 Å². The number of imidazole rings is 1. The number of rotatable bonds is 4. The van der Waals surface area contributed by atoms with Crippen LogP contribution >= 0.6 is 0 Å². The number of amides is 2. The van der Waals surface area contributed by atoms with Gasteiger partial charge in [-0.1, -0.05) is 6.92 Å². The number of aryl methyl sites for hydroxylation is 2. The molecule has 2 amide bonds. The van der Waals surface area contributed by atoms with Gasteiger partial charge in [0.25, 0.3) is 0 Å². The van der Waals surface area contributed by atoms with Crippen molar-refractivity contribution in [2.24, 2.45) is 0 Å². The highest BCUT2D eigenvalue weighted by Crippen LogP contribution is 2.24. The highest BCUT2D eigenvalue weighted by Gasteiger charge is 2.34. The first kappa shape index (κ1) is 16.6. The molecule has 4 rings (SSSR count). The van der Waals surface area contributed by atoms with Crippen molar-refractivity contribution < 1.29 is 4.79 Å². The number of aromatic nitrogens is 5. The van der Waals surface area contributed by atoms with Gasteiger partial charge in [0.05, 0.1) is 23.5 Å². The molecule has 3 aromatic heterocycles. The number of carbonyl (C=O) groups is 1. The van der Waals surface area contributed by atoms with Gasteiger partial charge in [0.1, 0.15) is 0 Å². The van der Waals surface area contributed by atoms with Gasteiger partial charge in [-0.25, -0.2) is 14.8 Å². The average Bonchev–Trinajstić information content (AvgIpc) is 3.14. The Kier molecular flexibility index (Phi) is 4.10. The quantitative estimate of drug-likeness (QED) is 0.780. The van der Waals surface area contributed by atoms with Gasteiger partial charge >= 0.3 is 6.03 Å². The smallest absolute Gasteiger partial charge is 0.318 e. The van der Waals surface area contributed by atoms with Crippen LogP contribution in [-0.2, 0) is 0 Å². The van der Waals surface area contributed by atoms with Crippen molar-refractivity contribution in [1.29, 1.82) is 0 Å². The van der Waals surface area contributed by atoms with Crippen LogP contribution in [0.15, 0.2) is 30.7 Å². The van der Waals surface area contributed by atoms with Crippen LogP contribution in [0.1, 0.15) is 42.5 Å². The SMILES string of the molecule is CC[C@H](NC(=O)N1CC(n2nc(C)cc2C)C1)c1cn2cccnc2n1. The Hall–Kier alpha value is -2.90. The van der Waals surface area contributed by atoms with E-state index in [9.17, 15) is 4.79 Å². The maximum atomic E-state index is 12.6. The highest BCUT2D eigenvalue weighted by molar-refractivity contribution is 5.75. The lowest BCUT2D eigenvalue weighted by Crippen LogP contribution is -2.55. The molecule has 1 saturated heterocycles. The van der Waals surface area contributed by atoms with Crippen molar-refractivity contribution in [1.82, 2.24) is 34.4 Å². The van der Waals surface area contributed by atoms with E-state index in [1.807, 2.05) is 53.2 Å². The molecule has 1 N–H and O–H groups in total. The molecule has 136 valence electrons. The third-order valence-corrected chi connectivity index (χ3v) is 4.86. The van der Waals surface area contributed by atoms with Gasteiger partial charge in [0, 0.05) is 37.4 Å². The van der Waals surface area contributed by atoms with Crippen LogP contribution in [0.2, 0.25) is 0 Å². The van der Waals surface area contributed by atoms with Crippen molar-refractivity contribution in [3.8, 4) is 0 Å². The molecule has 4 heterocycles. The minimum absolute atomic E-state index is 0.0559. The molecule has 1 aliphatic heterocycles. The molecular weight excluding hydrogens is 330 g/mol. The third-order valence-electron chi connectivity index (χ3n) is 4.86. The molecular formula is C18H23N7O. The summed E-state index contributed by atoms with van der Waals surface area (Å²) in [4.78, 5) is 23.2. The van der Waals surface area contributed by atoms with Crippen molar-refractivity contribution in [2.45, 2.75) is 39.3 Å². The molecule has 1 aliphatic rings. The summed E-state index contributed by atoms with van der Waals surface area (Å²) >= 11 is 0. The Morgan fingerprint density at radius 3 is 2.85 bits per heavy atom. The minimum atomic E-state index is -0.128. The number of hydrogen-bond acceptors (Lipinski definition) is 4. The van der Waals surface area contributed by atoms with E-state index >= 15 is 0 Å². The summed E-state index contributed by atoms with van der Waals surface area (Å²) in [5, 5.41) is 7.61. The van der Waals surface area contributed by atoms with Crippen LogP contribution in [0.25, 0.3) is 5.78 Å². The van der Waals surface area contributed by atoms with E-state index in [-0.39, 0.29) is 18.1 Å². The molecule has 0 aromatic carbocycles. The van der Waals surface area contributed by atoms with E-state index in [4.69, 9.17) is 0 Å². The fourth-order valence-electron chi connectivity index (χ4n) is 3.43. The van der Waals surface area contributed by atoms with Crippen molar-refractivity contribution in [2.75, 3.05) is 13.1 Å². The Morgan fingerprint density at radius 1 is 1.38 bits per heavy atom. The van der Waals surface area contributed by atoms with E-state index in [0.29, 0.717) is 18.9 Å². The first-order valence-electron chi connectivity index (χ1n) is 8.93. The summed E-state index contributed by atoms with van der Waals surface area (Å²) in [6.07, 6.45) is 6.31. The van der Waals surface area contributed by atoms with Crippen LogP contribution in [0.4, 0.5) is 4.79 Å². The summed E-state index contributed by atoms with van der Waals surface area (Å²) in [6, 6.07) is 4.00. The van der Waals surface area contributed by atoms with Gasteiger partial charge in [0.2, 0.25) is 5.78 Å². The number of likely N-dealkylation sites (tertiary alicyclic amines) is 1. The first-order chi connectivity index (χ1) is 12.5. The van der Waals surface area contributed by atoms with Gasteiger partial charge in [-0.3, -0.25) is 9.08 Å². The van der Waals surface area contributed by atoms with Crippen molar-refractivity contribution in [3.05, 3.63) is 47.8 Å². The Balaban J connectivity index is 1.40. The van der Waals surface area contributed by atoms with E-state index in [2.05, 4.69) is 26.4 Å². The molecule has 1 fully saturated rings. The predicted octanol–water partition coefficient (Wildman–Crippen LogP) is 2.26. The predicted molar refractivity (Wildman–Crippen MR) is 96.9 cm³/mol. The molecule has 0 saturated carbocycles. The second-order valence-electron chi connectivity index (χ2n) is 6.83. The number of urea groups is 1. The van der Waals surface area contributed by atoms with Gasteiger partial charge in [-0.05, 0) is 32.4 Å². The topological polar surface area (TPSA) is 80.4 Å². The second-order valence-corrected chi connectivity index (χ2v) is 6.83. The molecule has 8 heteroatoms. The van der Waals surface area contributed by atoms with E-state index in [1.54, 1.807) is 6.20 Å². The molecule has 1 atom stereocenters. The minimum Gasteiger partial charge on any atom is -0.330 e. The number of nitrogens with zero attached hydrogens (tertiary/aromatic N) is 6. The lowest BCUT2D eigenvalue weighted by atomic mass is 10.1. The fraction of sp³-hybridized carbons (Fsp3) is 0.444. The lowest BCUT2D eigenvalue weighted by Gasteiger charge is -2.40. The summed E-state index contributed by atoms with van der Waals surface area (Å²) in [6.45, 7) is 7.43. The van der Waals surface area contributed by atoms with Crippen LogP contribution in [-0.4, -0.2) is 48.2 Å². The van der Waals surface area contributed by atoms with Crippen LogP contribution in [0.3, 0.4) is 0 Å². The summed E-state index contributed by atoms with van der Waals surface area (Å²) in [5.74, 6) is 0.642. The van der Waals surface area contributed by atoms with Crippen LogP contribution < -0.4 is 5.32 Å². The molecule has 0 bridgehead atoms. The zero-order chi connectivity index (χ0) is 18.3. The Morgan fingerprint density at radius 2 is 2.19 bits per heavy atom. The zero-order valence-electron chi connectivity index (χ0n) is 15.3. The molecule has 0 aliphatic carbocycles. The summed E-state index contributed by atoms with van der Waals surface area (Å²) < 4.78 is 3.89. The van der Waals surface area contributed by atoms with Crippen LogP contribution in [0.5, 0.6) is 0 Å². The van der Waals surface area contributed by atoms with Gasteiger partial charge in [0.15, 0.2) is 0 Å². The van der Waals surface area contributed by atoms with E-state index in [1.165, 1.54) is 0 Å².